The smallest absolute Gasteiger partial charge is 0.295 e. The van der Waals surface area contributed by atoms with Gasteiger partial charge < -0.3 is 24.6 Å². The fourth-order valence-electron chi connectivity index (χ4n) is 2.90. The van der Waals surface area contributed by atoms with Crippen LogP contribution in [-0.4, -0.2) is 46.1 Å². The molecule has 1 unspecified atom stereocenters. The molecule has 0 spiro atoms. The van der Waals surface area contributed by atoms with Crippen LogP contribution < -0.4 is 19.5 Å². The topological polar surface area (TPSA) is 108 Å². The molecule has 150 valence electrons. The van der Waals surface area contributed by atoms with Gasteiger partial charge in [0.25, 0.3) is 5.91 Å². The Morgan fingerprint density at radius 2 is 1.97 bits per heavy atom. The van der Waals surface area contributed by atoms with Gasteiger partial charge in [-0.05, 0) is 29.8 Å². The van der Waals surface area contributed by atoms with Crippen molar-refractivity contribution in [1.29, 1.82) is 0 Å². The Labute approximate surface area is 166 Å². The zero-order chi connectivity index (χ0) is 20.2. The summed E-state index contributed by atoms with van der Waals surface area (Å²) in [6.07, 6.45) is 0.613. The van der Waals surface area contributed by atoms with Gasteiger partial charge in [0.2, 0.25) is 5.82 Å². The Hall–Kier alpha value is -3.59. The molecule has 29 heavy (non-hydrogen) atoms. The van der Waals surface area contributed by atoms with E-state index in [1.54, 1.807) is 49.6 Å². The minimum Gasteiger partial charge on any atom is -0.497 e. The molecule has 1 aliphatic heterocycles. The maximum absolute atomic E-state index is 12.4. The van der Waals surface area contributed by atoms with E-state index in [-0.39, 0.29) is 12.4 Å². The summed E-state index contributed by atoms with van der Waals surface area (Å²) >= 11 is 0. The van der Waals surface area contributed by atoms with Crippen LogP contribution in [0.4, 0.5) is 5.69 Å². The first-order valence-electron chi connectivity index (χ1n) is 9.05. The Bertz CT molecular complexity index is 1000. The van der Waals surface area contributed by atoms with Gasteiger partial charge in [0.15, 0.2) is 11.5 Å². The number of ether oxygens (including phenoxy) is 3. The third kappa shape index (κ3) is 4.30. The molecule has 9 heteroatoms. The van der Waals surface area contributed by atoms with Crippen LogP contribution >= 0.6 is 0 Å². The van der Waals surface area contributed by atoms with E-state index >= 15 is 0 Å². The molecule has 0 aliphatic carbocycles. The fourth-order valence-corrected chi connectivity index (χ4v) is 2.90. The summed E-state index contributed by atoms with van der Waals surface area (Å²) in [5.41, 5.74) is 1.26. The van der Waals surface area contributed by atoms with Crippen molar-refractivity contribution in [2.24, 2.45) is 0 Å². The number of methoxy groups -OCH3 is 1. The summed E-state index contributed by atoms with van der Waals surface area (Å²) in [6, 6.07) is 12.2. The number of nitrogens with one attached hydrogen (secondary N) is 1. The first-order valence-corrected chi connectivity index (χ1v) is 9.05. The van der Waals surface area contributed by atoms with Gasteiger partial charge >= 0.3 is 0 Å². The molecular formula is C20H20N4O5. The molecule has 4 rings (SSSR count). The number of amides is 1. The van der Waals surface area contributed by atoms with Crippen molar-refractivity contribution in [3.8, 4) is 17.2 Å². The fraction of sp³-hybridized carbons (Fsp3) is 0.250. The number of benzene rings is 2. The number of hydrogen-bond donors (Lipinski definition) is 2. The monoisotopic (exact) mass is 396 g/mol. The quantitative estimate of drug-likeness (QED) is 0.656. The summed E-state index contributed by atoms with van der Waals surface area (Å²) in [5, 5.41) is 17.3. The lowest BCUT2D eigenvalue weighted by atomic mass is 10.1. The molecule has 3 aromatic rings. The minimum absolute atomic E-state index is 0.00169. The van der Waals surface area contributed by atoms with Crippen LogP contribution in [0.5, 0.6) is 17.2 Å². The van der Waals surface area contributed by atoms with Gasteiger partial charge in [-0.1, -0.05) is 12.1 Å². The van der Waals surface area contributed by atoms with Crippen molar-refractivity contribution in [1.82, 2.24) is 14.8 Å². The second-order valence-electron chi connectivity index (χ2n) is 6.39. The molecule has 1 amide bonds. The molecule has 1 aliphatic rings. The van der Waals surface area contributed by atoms with Gasteiger partial charge in [-0.3, -0.25) is 4.79 Å². The first kappa shape index (κ1) is 18.8. The Morgan fingerprint density at radius 1 is 1.21 bits per heavy atom. The zero-order valence-corrected chi connectivity index (χ0v) is 15.7. The Balaban J connectivity index is 1.39. The predicted octanol–water partition coefficient (Wildman–Crippen LogP) is 2.04. The summed E-state index contributed by atoms with van der Waals surface area (Å²) < 4.78 is 17.5. The summed E-state index contributed by atoms with van der Waals surface area (Å²) in [6.45, 7) is 1.13. The highest BCUT2D eigenvalue weighted by Crippen LogP contribution is 2.32. The largest absolute Gasteiger partial charge is 0.497 e. The van der Waals surface area contributed by atoms with E-state index in [9.17, 15) is 9.90 Å². The molecule has 0 saturated carbocycles. The molecule has 0 fully saturated rings. The van der Waals surface area contributed by atoms with Gasteiger partial charge in [0.05, 0.1) is 19.8 Å². The Kier molecular flexibility index (Phi) is 5.30. The van der Waals surface area contributed by atoms with E-state index in [0.717, 1.165) is 0 Å². The van der Waals surface area contributed by atoms with Crippen LogP contribution in [0.2, 0.25) is 0 Å². The van der Waals surface area contributed by atoms with Crippen molar-refractivity contribution in [2.45, 2.75) is 12.6 Å². The number of hydrogen-bond acceptors (Lipinski definition) is 7. The van der Waals surface area contributed by atoms with Crippen LogP contribution in [0.25, 0.3) is 0 Å². The molecule has 9 nitrogen and oxygen atoms in total. The van der Waals surface area contributed by atoms with Crippen LogP contribution in [-0.2, 0) is 6.54 Å². The van der Waals surface area contributed by atoms with Crippen LogP contribution in [0, 0.1) is 0 Å². The zero-order valence-electron chi connectivity index (χ0n) is 15.7. The first-order chi connectivity index (χ1) is 14.1. The van der Waals surface area contributed by atoms with Gasteiger partial charge in [-0.2, -0.15) is 0 Å². The van der Waals surface area contributed by atoms with Gasteiger partial charge in [-0.15, -0.1) is 5.10 Å². The molecule has 2 heterocycles. The SMILES string of the molecule is COc1ccc(C(O)Cn2cnc(C(=O)Nc3ccc4c(c3)OCCO4)n2)cc1. The van der Waals surface area contributed by atoms with E-state index in [4.69, 9.17) is 14.2 Å². The highest BCUT2D eigenvalue weighted by molar-refractivity contribution is 6.01. The van der Waals surface area contributed by atoms with Crippen molar-refractivity contribution < 1.29 is 24.1 Å². The van der Waals surface area contributed by atoms with Crippen molar-refractivity contribution >= 4 is 11.6 Å². The minimum atomic E-state index is -0.795. The molecular weight excluding hydrogens is 376 g/mol. The lowest BCUT2D eigenvalue weighted by molar-refractivity contribution is 0.101. The number of rotatable bonds is 6. The number of anilines is 1. The number of aliphatic hydroxyl groups excluding tert-OH is 1. The maximum Gasteiger partial charge on any atom is 0.295 e. The lowest BCUT2D eigenvalue weighted by Gasteiger charge is -2.18. The number of carbonyl (C=O) groups excluding carboxylic acids is 1. The number of fused-ring (bicyclic) bond motifs is 1. The predicted molar refractivity (Wildman–Crippen MR) is 103 cm³/mol. The van der Waals surface area contributed by atoms with Crippen LogP contribution in [0.1, 0.15) is 22.3 Å². The second kappa shape index (κ2) is 8.19. The number of aromatic nitrogens is 3. The normalized spacial score (nSPS) is 13.6. The van der Waals surface area contributed by atoms with E-state index in [2.05, 4.69) is 15.4 Å². The highest BCUT2D eigenvalue weighted by Gasteiger charge is 2.17. The third-order valence-corrected chi connectivity index (χ3v) is 4.40. The molecule has 1 aromatic heterocycles. The van der Waals surface area contributed by atoms with E-state index in [0.29, 0.717) is 41.7 Å². The number of aliphatic hydroxyl groups is 1. The second-order valence-corrected chi connectivity index (χ2v) is 6.39. The summed E-state index contributed by atoms with van der Waals surface area (Å²) in [7, 11) is 1.58. The number of nitrogens with zero attached hydrogens (tertiary/aromatic N) is 3. The number of carbonyl (C=O) groups is 1. The van der Waals surface area contributed by atoms with Crippen molar-refractivity contribution in [3.05, 3.63) is 60.2 Å². The standard InChI is InChI=1S/C20H20N4O5/c1-27-15-5-2-13(3-6-15)16(25)11-24-12-21-19(23-24)20(26)22-14-4-7-17-18(10-14)29-9-8-28-17/h2-7,10,12,16,25H,8-9,11H2,1H3,(H,22,26). The van der Waals surface area contributed by atoms with Crippen molar-refractivity contribution in [3.63, 3.8) is 0 Å². The average molecular weight is 396 g/mol. The van der Waals surface area contributed by atoms with Gasteiger partial charge in [0.1, 0.15) is 25.3 Å². The lowest BCUT2D eigenvalue weighted by Crippen LogP contribution is -2.17. The summed E-state index contributed by atoms with van der Waals surface area (Å²) in [5.74, 6) is 1.47. The maximum atomic E-state index is 12.4. The average Bonchev–Trinajstić information content (AvgIpc) is 3.22. The molecule has 2 N–H and O–H groups in total. The van der Waals surface area contributed by atoms with E-state index in [1.807, 2.05) is 0 Å². The van der Waals surface area contributed by atoms with Gasteiger partial charge in [-0.25, -0.2) is 9.67 Å². The third-order valence-electron chi connectivity index (χ3n) is 4.40. The molecule has 0 saturated heterocycles. The molecule has 0 bridgehead atoms. The van der Waals surface area contributed by atoms with Gasteiger partial charge in [0, 0.05) is 11.8 Å². The molecule has 0 radical (unpaired) electrons. The van der Waals surface area contributed by atoms with E-state index in [1.165, 1.54) is 11.0 Å². The summed E-state index contributed by atoms with van der Waals surface area (Å²) in [4.78, 5) is 16.5. The highest BCUT2D eigenvalue weighted by atomic mass is 16.6. The molecule has 2 aromatic carbocycles. The van der Waals surface area contributed by atoms with Crippen molar-refractivity contribution in [2.75, 3.05) is 25.6 Å². The molecule has 1 atom stereocenters. The Morgan fingerprint density at radius 3 is 2.72 bits per heavy atom. The van der Waals surface area contributed by atoms with Crippen LogP contribution in [0.15, 0.2) is 48.8 Å². The van der Waals surface area contributed by atoms with Crippen LogP contribution in [0.3, 0.4) is 0 Å². The van der Waals surface area contributed by atoms with E-state index < -0.39 is 12.0 Å².